The summed E-state index contributed by atoms with van der Waals surface area (Å²) in [5, 5.41) is 1.53. The summed E-state index contributed by atoms with van der Waals surface area (Å²) in [5.74, 6) is 0.638. The van der Waals surface area contributed by atoms with E-state index in [1.807, 2.05) is 32.0 Å². The summed E-state index contributed by atoms with van der Waals surface area (Å²) in [6.45, 7) is 10.1. The lowest BCUT2D eigenvalue weighted by Crippen LogP contribution is -2.45. The van der Waals surface area contributed by atoms with Gasteiger partial charge in [-0.25, -0.2) is 13.1 Å². The van der Waals surface area contributed by atoms with Gasteiger partial charge >= 0.3 is 0 Å². The zero-order chi connectivity index (χ0) is 18.2. The molecule has 2 aromatic carbocycles. The lowest BCUT2D eigenvalue weighted by molar-refractivity contribution is 0.269. The Labute approximate surface area is 145 Å². The van der Waals surface area contributed by atoms with Gasteiger partial charge in [-0.2, -0.15) is 0 Å². The highest BCUT2D eigenvalue weighted by Crippen LogP contribution is 2.31. The zero-order valence-electron chi connectivity index (χ0n) is 15.3. The van der Waals surface area contributed by atoms with Gasteiger partial charge in [0.1, 0.15) is 5.75 Å². The third-order valence-corrected chi connectivity index (χ3v) is 5.48. The topological polar surface area (TPSA) is 55.4 Å². The highest BCUT2D eigenvalue weighted by atomic mass is 32.2. The second-order valence-electron chi connectivity index (χ2n) is 8.07. The first-order valence-electron chi connectivity index (χ1n) is 8.04. The van der Waals surface area contributed by atoms with Crippen molar-refractivity contribution in [1.82, 2.24) is 4.72 Å². The molecule has 0 aliphatic rings. The molecule has 0 spiro atoms. The number of hydrogen-bond donors (Lipinski definition) is 1. The van der Waals surface area contributed by atoms with Gasteiger partial charge in [-0.1, -0.05) is 39.0 Å². The minimum atomic E-state index is -3.65. The second kappa shape index (κ2) is 6.37. The molecule has 24 heavy (non-hydrogen) atoms. The fraction of sp³-hybridized carbons (Fsp3) is 0.474. The second-order valence-corrected chi connectivity index (χ2v) is 9.72. The predicted octanol–water partition coefficient (Wildman–Crippen LogP) is 4.34. The van der Waals surface area contributed by atoms with Crippen molar-refractivity contribution in [2.75, 3.05) is 7.11 Å². The molecule has 0 saturated carbocycles. The van der Waals surface area contributed by atoms with E-state index in [-0.39, 0.29) is 10.3 Å². The Kier molecular flexibility index (Phi) is 4.98. The molecular formula is C19H27NO3S. The Morgan fingerprint density at radius 3 is 2.29 bits per heavy atom. The molecule has 5 heteroatoms. The van der Waals surface area contributed by atoms with E-state index in [0.29, 0.717) is 11.1 Å². The van der Waals surface area contributed by atoms with Crippen LogP contribution in [-0.4, -0.2) is 21.1 Å². The number of methoxy groups -OCH3 is 1. The molecule has 0 aliphatic carbocycles. The number of rotatable bonds is 5. The van der Waals surface area contributed by atoms with Gasteiger partial charge in [0.25, 0.3) is 0 Å². The molecule has 0 radical (unpaired) electrons. The Morgan fingerprint density at radius 2 is 1.71 bits per heavy atom. The van der Waals surface area contributed by atoms with Crippen molar-refractivity contribution in [3.05, 3.63) is 36.4 Å². The lowest BCUT2D eigenvalue weighted by Gasteiger charge is -2.33. The van der Waals surface area contributed by atoms with E-state index in [9.17, 15) is 8.42 Å². The summed E-state index contributed by atoms with van der Waals surface area (Å²) in [7, 11) is -2.08. The van der Waals surface area contributed by atoms with Crippen molar-refractivity contribution >= 4 is 20.8 Å². The van der Waals surface area contributed by atoms with Crippen molar-refractivity contribution in [1.29, 1.82) is 0 Å². The summed E-state index contributed by atoms with van der Waals surface area (Å²) in [6.07, 6.45) is 0.729. The number of hydrogen-bond acceptors (Lipinski definition) is 3. The average molecular weight is 349 g/mol. The van der Waals surface area contributed by atoms with E-state index in [1.165, 1.54) is 0 Å². The minimum absolute atomic E-state index is 0.0218. The maximum Gasteiger partial charge on any atom is 0.241 e. The Hall–Kier alpha value is -1.59. The average Bonchev–Trinajstić information content (AvgIpc) is 2.42. The molecule has 0 unspecified atom stereocenters. The molecule has 0 saturated heterocycles. The molecular weight excluding hydrogens is 322 g/mol. The first-order chi connectivity index (χ1) is 10.9. The van der Waals surface area contributed by atoms with Crippen LogP contribution in [-0.2, 0) is 10.0 Å². The maximum atomic E-state index is 13.0. The zero-order valence-corrected chi connectivity index (χ0v) is 16.1. The van der Waals surface area contributed by atoms with Crippen LogP contribution in [0.15, 0.2) is 41.3 Å². The normalized spacial score (nSPS) is 13.2. The van der Waals surface area contributed by atoms with Crippen LogP contribution >= 0.6 is 0 Å². The molecule has 132 valence electrons. The van der Waals surface area contributed by atoms with E-state index < -0.39 is 15.6 Å². The molecule has 0 bridgehead atoms. The summed E-state index contributed by atoms with van der Waals surface area (Å²) in [4.78, 5) is 0.279. The van der Waals surface area contributed by atoms with Crippen LogP contribution in [0.3, 0.4) is 0 Å². The monoisotopic (exact) mass is 349 g/mol. The van der Waals surface area contributed by atoms with Crippen LogP contribution in [0.2, 0.25) is 0 Å². The van der Waals surface area contributed by atoms with E-state index in [0.717, 1.165) is 11.8 Å². The van der Waals surface area contributed by atoms with Crippen LogP contribution < -0.4 is 9.46 Å². The Morgan fingerprint density at radius 1 is 1.04 bits per heavy atom. The SMILES string of the molecule is COc1ccc2cccc(S(=O)(=O)NC(C)(C)CC(C)(C)C)c2c1. The van der Waals surface area contributed by atoms with Crippen LogP contribution in [0.5, 0.6) is 5.75 Å². The Balaban J connectivity index is 2.48. The fourth-order valence-corrected chi connectivity index (χ4v) is 5.00. The molecule has 2 rings (SSSR count). The summed E-state index contributed by atoms with van der Waals surface area (Å²) in [6, 6.07) is 10.8. The first kappa shape index (κ1) is 18.7. The van der Waals surface area contributed by atoms with Gasteiger partial charge in [0.15, 0.2) is 0 Å². The number of nitrogens with one attached hydrogen (secondary N) is 1. The van der Waals surface area contributed by atoms with Crippen molar-refractivity contribution in [3.63, 3.8) is 0 Å². The molecule has 0 aromatic heterocycles. The summed E-state index contributed by atoms with van der Waals surface area (Å²) >= 11 is 0. The van der Waals surface area contributed by atoms with E-state index in [2.05, 4.69) is 25.5 Å². The summed E-state index contributed by atoms with van der Waals surface area (Å²) < 4.78 is 34.1. The molecule has 4 nitrogen and oxygen atoms in total. The lowest BCUT2D eigenvalue weighted by atomic mass is 9.82. The van der Waals surface area contributed by atoms with Gasteiger partial charge in [0.05, 0.1) is 12.0 Å². The molecule has 0 atom stereocenters. The van der Waals surface area contributed by atoms with Gasteiger partial charge in [-0.3, -0.25) is 0 Å². The molecule has 1 N–H and O–H groups in total. The highest BCUT2D eigenvalue weighted by molar-refractivity contribution is 7.89. The third kappa shape index (κ3) is 4.48. The largest absolute Gasteiger partial charge is 0.497 e. The van der Waals surface area contributed by atoms with Gasteiger partial charge in [-0.15, -0.1) is 0 Å². The molecule has 0 aliphatic heterocycles. The van der Waals surface area contributed by atoms with E-state index >= 15 is 0 Å². The number of sulfonamides is 1. The van der Waals surface area contributed by atoms with Crippen molar-refractivity contribution in [3.8, 4) is 5.75 Å². The minimum Gasteiger partial charge on any atom is -0.497 e. The first-order valence-corrected chi connectivity index (χ1v) is 9.53. The van der Waals surface area contributed by atoms with Crippen molar-refractivity contribution < 1.29 is 13.2 Å². The highest BCUT2D eigenvalue weighted by Gasteiger charge is 2.31. The van der Waals surface area contributed by atoms with Crippen LogP contribution in [0.4, 0.5) is 0 Å². The third-order valence-electron chi connectivity index (χ3n) is 3.72. The van der Waals surface area contributed by atoms with Crippen LogP contribution in [0.25, 0.3) is 10.8 Å². The van der Waals surface area contributed by atoms with E-state index in [1.54, 1.807) is 25.3 Å². The van der Waals surface area contributed by atoms with Crippen LogP contribution in [0.1, 0.15) is 41.0 Å². The quantitative estimate of drug-likeness (QED) is 0.873. The summed E-state index contributed by atoms with van der Waals surface area (Å²) in [5.41, 5.74) is -0.522. The van der Waals surface area contributed by atoms with Crippen LogP contribution in [0, 0.1) is 5.41 Å². The number of ether oxygens (including phenoxy) is 1. The van der Waals surface area contributed by atoms with Gasteiger partial charge in [0.2, 0.25) is 10.0 Å². The van der Waals surface area contributed by atoms with Gasteiger partial charge in [0, 0.05) is 10.9 Å². The van der Waals surface area contributed by atoms with E-state index in [4.69, 9.17) is 4.74 Å². The molecule has 2 aromatic rings. The van der Waals surface area contributed by atoms with Gasteiger partial charge < -0.3 is 4.74 Å². The maximum absolute atomic E-state index is 13.0. The Bertz CT molecular complexity index is 833. The fourth-order valence-electron chi connectivity index (χ4n) is 3.37. The van der Waals surface area contributed by atoms with Gasteiger partial charge in [-0.05, 0) is 49.3 Å². The standard InChI is InChI=1S/C19H27NO3S/c1-18(2,3)13-19(4,5)20-24(21,22)17-9-7-8-14-10-11-15(23-6)12-16(14)17/h7-12,20H,13H2,1-6H3. The predicted molar refractivity (Wildman–Crippen MR) is 99.0 cm³/mol. The smallest absolute Gasteiger partial charge is 0.241 e. The molecule has 0 heterocycles. The molecule has 0 amide bonds. The van der Waals surface area contributed by atoms with Crippen molar-refractivity contribution in [2.45, 2.75) is 51.5 Å². The molecule has 0 fully saturated rings. The number of fused-ring (bicyclic) bond motifs is 1. The van der Waals surface area contributed by atoms with Crippen molar-refractivity contribution in [2.24, 2.45) is 5.41 Å². The number of benzene rings is 2.